The molecule has 3 N–H and O–H groups in total. The second kappa shape index (κ2) is 7.47. The van der Waals surface area contributed by atoms with E-state index in [0.29, 0.717) is 31.7 Å². The molecule has 3 heterocycles. The van der Waals surface area contributed by atoms with Gasteiger partial charge in [-0.15, -0.1) is 0 Å². The molecule has 2 aromatic heterocycles. The lowest BCUT2D eigenvalue weighted by molar-refractivity contribution is -0.132. The Bertz CT molecular complexity index is 1040. The van der Waals surface area contributed by atoms with Crippen molar-refractivity contribution < 1.29 is 14.7 Å². The van der Waals surface area contributed by atoms with Gasteiger partial charge in [-0.1, -0.05) is 18.2 Å². The molecule has 3 aromatic rings. The number of benzene rings is 1. The summed E-state index contributed by atoms with van der Waals surface area (Å²) in [6.07, 6.45) is 0.341. The van der Waals surface area contributed by atoms with Crippen molar-refractivity contribution in [3.05, 3.63) is 53.0 Å². The van der Waals surface area contributed by atoms with E-state index in [1.54, 1.807) is 10.7 Å². The summed E-state index contributed by atoms with van der Waals surface area (Å²) >= 11 is 0. The molecule has 4 rings (SSSR count). The monoisotopic (exact) mass is 381 g/mol. The Morgan fingerprint density at radius 3 is 2.93 bits per heavy atom. The minimum Gasteiger partial charge on any atom is -0.395 e. The number of nitrogens with one attached hydrogen (secondary N) is 2. The molecule has 0 aliphatic carbocycles. The van der Waals surface area contributed by atoms with Gasteiger partial charge in [0.2, 0.25) is 5.91 Å². The van der Waals surface area contributed by atoms with E-state index in [-0.39, 0.29) is 25.0 Å². The van der Waals surface area contributed by atoms with Crippen LogP contribution in [0.25, 0.3) is 10.9 Å². The van der Waals surface area contributed by atoms with Crippen molar-refractivity contribution in [2.24, 2.45) is 0 Å². The van der Waals surface area contributed by atoms with Crippen molar-refractivity contribution in [3.63, 3.8) is 0 Å². The van der Waals surface area contributed by atoms with E-state index in [1.165, 1.54) is 0 Å². The number of amides is 2. The zero-order valence-corrected chi connectivity index (χ0v) is 15.7. The van der Waals surface area contributed by atoms with Crippen LogP contribution in [0.3, 0.4) is 0 Å². The van der Waals surface area contributed by atoms with E-state index in [0.717, 1.165) is 27.9 Å². The predicted octanol–water partition coefficient (Wildman–Crippen LogP) is 0.980. The lowest BCUT2D eigenvalue weighted by Gasteiger charge is -2.27. The number of rotatable bonds is 5. The highest BCUT2D eigenvalue weighted by molar-refractivity contribution is 5.92. The fourth-order valence-corrected chi connectivity index (χ4v) is 3.68. The van der Waals surface area contributed by atoms with Gasteiger partial charge in [-0.2, -0.15) is 5.10 Å². The zero-order valence-electron chi connectivity index (χ0n) is 15.7. The number of hydrogen-bond donors (Lipinski definition) is 3. The van der Waals surface area contributed by atoms with Crippen LogP contribution in [0.15, 0.2) is 30.3 Å². The van der Waals surface area contributed by atoms with Crippen molar-refractivity contribution in [2.75, 3.05) is 19.7 Å². The topological polar surface area (TPSA) is 103 Å². The number of nitrogens with zero attached hydrogens (tertiary/aromatic N) is 3. The second-order valence-corrected chi connectivity index (χ2v) is 6.99. The van der Waals surface area contributed by atoms with Gasteiger partial charge in [-0.25, -0.2) is 0 Å². The third-order valence-corrected chi connectivity index (χ3v) is 5.14. The maximum atomic E-state index is 12.9. The smallest absolute Gasteiger partial charge is 0.271 e. The fraction of sp³-hybridized carbons (Fsp3) is 0.350. The molecule has 0 bridgehead atoms. The van der Waals surface area contributed by atoms with Gasteiger partial charge in [-0.3, -0.25) is 14.3 Å². The number of fused-ring (bicyclic) bond motifs is 2. The van der Waals surface area contributed by atoms with E-state index < -0.39 is 0 Å². The number of aliphatic hydroxyl groups excluding tert-OH is 1. The Kier molecular flexibility index (Phi) is 4.87. The molecule has 0 saturated heterocycles. The number of hydrogen-bond acceptors (Lipinski definition) is 4. The number of aryl methyl sites for hydroxylation is 1. The average Bonchev–Trinajstić information content (AvgIpc) is 3.26. The molecule has 1 aliphatic rings. The Morgan fingerprint density at radius 1 is 1.29 bits per heavy atom. The minimum absolute atomic E-state index is 0.0617. The van der Waals surface area contributed by atoms with Crippen LogP contribution in [0.5, 0.6) is 0 Å². The molecule has 0 atom stereocenters. The molecule has 0 spiro atoms. The largest absolute Gasteiger partial charge is 0.395 e. The lowest BCUT2D eigenvalue weighted by Crippen LogP contribution is -2.39. The van der Waals surface area contributed by atoms with Crippen molar-refractivity contribution >= 4 is 22.7 Å². The van der Waals surface area contributed by atoms with Crippen LogP contribution in [0, 0.1) is 6.92 Å². The van der Waals surface area contributed by atoms with Crippen LogP contribution in [0.4, 0.5) is 0 Å². The summed E-state index contributed by atoms with van der Waals surface area (Å²) in [6.45, 7) is 3.62. The van der Waals surface area contributed by atoms with E-state index in [9.17, 15) is 9.59 Å². The second-order valence-electron chi connectivity index (χ2n) is 6.99. The van der Waals surface area contributed by atoms with Gasteiger partial charge in [0.25, 0.3) is 5.91 Å². The number of carbonyl (C=O) groups excluding carboxylic acids is 2. The molecule has 1 aliphatic heterocycles. The molecule has 8 nitrogen and oxygen atoms in total. The fourth-order valence-electron chi connectivity index (χ4n) is 3.68. The first-order valence-electron chi connectivity index (χ1n) is 9.36. The van der Waals surface area contributed by atoms with Gasteiger partial charge in [0.05, 0.1) is 31.8 Å². The van der Waals surface area contributed by atoms with Gasteiger partial charge in [0.15, 0.2) is 5.69 Å². The number of H-pyrrole nitrogens is 1. The summed E-state index contributed by atoms with van der Waals surface area (Å²) in [6, 6.07) is 9.71. The third kappa shape index (κ3) is 3.38. The number of para-hydroxylation sites is 1. The van der Waals surface area contributed by atoms with Gasteiger partial charge in [0.1, 0.15) is 0 Å². The molecule has 1 aromatic carbocycles. The van der Waals surface area contributed by atoms with Gasteiger partial charge < -0.3 is 20.3 Å². The molecule has 0 saturated carbocycles. The quantitative estimate of drug-likeness (QED) is 0.613. The maximum absolute atomic E-state index is 12.9. The lowest BCUT2D eigenvalue weighted by atomic mass is 10.1. The number of carbonyl (C=O) groups is 2. The summed E-state index contributed by atoms with van der Waals surface area (Å²) < 4.78 is 1.77. The number of aromatic nitrogens is 3. The Balaban J connectivity index is 1.48. The standard InChI is InChI=1S/C20H23N5O3/c1-13-16(15-4-2-3-5-17(15)22-13)11-19(27)24-7-8-25-14(12-24)10-18(23-25)20(28)21-6-9-26/h2-5,10,22,26H,6-9,11-12H2,1H3,(H,21,28). The third-order valence-electron chi connectivity index (χ3n) is 5.14. The van der Waals surface area contributed by atoms with E-state index in [4.69, 9.17) is 5.11 Å². The number of aliphatic hydroxyl groups is 1. The minimum atomic E-state index is -0.316. The first kappa shape index (κ1) is 18.2. The Labute approximate surface area is 162 Å². The molecule has 8 heteroatoms. The summed E-state index contributed by atoms with van der Waals surface area (Å²) in [5.74, 6) is -0.255. The van der Waals surface area contributed by atoms with Crippen LogP contribution in [-0.2, 0) is 24.3 Å². The highest BCUT2D eigenvalue weighted by Crippen LogP contribution is 2.23. The van der Waals surface area contributed by atoms with E-state index in [1.807, 2.05) is 36.1 Å². The molecule has 0 radical (unpaired) electrons. The highest BCUT2D eigenvalue weighted by Gasteiger charge is 2.25. The van der Waals surface area contributed by atoms with Crippen LogP contribution in [0.1, 0.15) is 27.4 Å². The summed E-state index contributed by atoms with van der Waals surface area (Å²) in [5.41, 5.74) is 4.23. The van der Waals surface area contributed by atoms with Crippen molar-refractivity contribution in [1.29, 1.82) is 0 Å². The van der Waals surface area contributed by atoms with Gasteiger partial charge in [-0.05, 0) is 24.6 Å². The van der Waals surface area contributed by atoms with Crippen molar-refractivity contribution in [3.8, 4) is 0 Å². The zero-order chi connectivity index (χ0) is 19.7. The van der Waals surface area contributed by atoms with Crippen LogP contribution in [-0.4, -0.2) is 56.3 Å². The predicted molar refractivity (Wildman–Crippen MR) is 104 cm³/mol. The SMILES string of the molecule is Cc1[nH]c2ccccc2c1CC(=O)N1CCn2nc(C(=O)NCCO)cc2C1. The highest BCUT2D eigenvalue weighted by atomic mass is 16.3. The van der Waals surface area contributed by atoms with Crippen molar-refractivity contribution in [2.45, 2.75) is 26.4 Å². The maximum Gasteiger partial charge on any atom is 0.271 e. The van der Waals surface area contributed by atoms with Crippen molar-refractivity contribution in [1.82, 2.24) is 25.0 Å². The van der Waals surface area contributed by atoms with Gasteiger partial charge >= 0.3 is 0 Å². The number of aromatic amines is 1. The normalized spacial score (nSPS) is 13.6. The van der Waals surface area contributed by atoms with Crippen LogP contribution in [0.2, 0.25) is 0 Å². The van der Waals surface area contributed by atoms with E-state index in [2.05, 4.69) is 15.4 Å². The molecule has 146 valence electrons. The van der Waals surface area contributed by atoms with E-state index >= 15 is 0 Å². The summed E-state index contributed by atoms with van der Waals surface area (Å²) in [4.78, 5) is 30.1. The molecule has 2 amide bonds. The molecule has 0 unspecified atom stereocenters. The molecule has 0 fully saturated rings. The van der Waals surface area contributed by atoms with Crippen LogP contribution >= 0.6 is 0 Å². The Hall–Kier alpha value is -3.13. The first-order valence-corrected chi connectivity index (χ1v) is 9.36. The average molecular weight is 381 g/mol. The Morgan fingerprint density at radius 2 is 2.11 bits per heavy atom. The van der Waals surface area contributed by atoms with Gasteiger partial charge in [0, 0.05) is 29.7 Å². The molecular formula is C20H23N5O3. The summed E-state index contributed by atoms with van der Waals surface area (Å²) in [7, 11) is 0. The van der Waals surface area contributed by atoms with Crippen LogP contribution < -0.4 is 5.32 Å². The molecule has 28 heavy (non-hydrogen) atoms. The molecular weight excluding hydrogens is 358 g/mol. The summed E-state index contributed by atoms with van der Waals surface area (Å²) in [5, 5.41) is 16.8. The first-order chi connectivity index (χ1) is 13.6.